The number of amides is 2. The minimum atomic E-state index is -0.0877. The Kier molecular flexibility index (Phi) is 5.63. The van der Waals surface area contributed by atoms with Gasteiger partial charge in [0, 0.05) is 24.5 Å². The number of hydrogen-bond donors (Lipinski definition) is 2. The van der Waals surface area contributed by atoms with Crippen molar-refractivity contribution in [3.8, 4) is 0 Å². The molecule has 1 aliphatic rings. The van der Waals surface area contributed by atoms with Crippen LogP contribution in [-0.2, 0) is 6.54 Å². The predicted octanol–water partition coefficient (Wildman–Crippen LogP) is 2.56. The Hall–Kier alpha value is -2.15. The average Bonchev–Trinajstić information content (AvgIpc) is 3.13. The van der Waals surface area contributed by atoms with Gasteiger partial charge in [-0.15, -0.1) is 16.4 Å². The molecule has 0 bridgehead atoms. The number of hydrogen-bond acceptors (Lipinski definition) is 5. The lowest BCUT2D eigenvalue weighted by Crippen LogP contribution is -2.42. The third-order valence-electron chi connectivity index (χ3n) is 4.28. The first-order valence-corrected chi connectivity index (χ1v) is 9.18. The van der Waals surface area contributed by atoms with Crippen LogP contribution in [0.25, 0.3) is 0 Å². The number of urea groups is 1. The molecule has 2 aromatic heterocycles. The predicted molar refractivity (Wildman–Crippen MR) is 96.3 cm³/mol. The third-order valence-corrected chi connectivity index (χ3v) is 5.15. The maximum Gasteiger partial charge on any atom is 0.315 e. The lowest BCUT2D eigenvalue weighted by atomic mass is 9.97. The highest BCUT2D eigenvalue weighted by Gasteiger charge is 2.20. The molecule has 0 unspecified atom stereocenters. The highest BCUT2D eigenvalue weighted by atomic mass is 32.1. The minimum Gasteiger partial charge on any atom is -0.355 e. The Morgan fingerprint density at radius 1 is 1.25 bits per heavy atom. The second-order valence-corrected chi connectivity index (χ2v) is 7.14. The normalized spacial score (nSPS) is 15.3. The first kappa shape index (κ1) is 16.7. The van der Waals surface area contributed by atoms with Gasteiger partial charge in [-0.1, -0.05) is 6.07 Å². The summed E-state index contributed by atoms with van der Waals surface area (Å²) < 4.78 is 0. The third kappa shape index (κ3) is 4.67. The smallest absolute Gasteiger partial charge is 0.315 e. The van der Waals surface area contributed by atoms with E-state index in [0.29, 0.717) is 12.5 Å². The van der Waals surface area contributed by atoms with Crippen LogP contribution < -0.4 is 15.5 Å². The van der Waals surface area contributed by atoms with Crippen molar-refractivity contribution in [1.29, 1.82) is 0 Å². The summed E-state index contributed by atoms with van der Waals surface area (Å²) in [5.41, 5.74) is 0.936. The van der Waals surface area contributed by atoms with Crippen LogP contribution in [-0.4, -0.2) is 35.9 Å². The van der Waals surface area contributed by atoms with Crippen LogP contribution in [0.3, 0.4) is 0 Å². The van der Waals surface area contributed by atoms with E-state index in [1.165, 1.54) is 0 Å². The van der Waals surface area contributed by atoms with E-state index in [1.807, 2.05) is 36.6 Å². The fourth-order valence-corrected chi connectivity index (χ4v) is 3.45. The topological polar surface area (TPSA) is 70.2 Å². The van der Waals surface area contributed by atoms with Gasteiger partial charge in [-0.3, -0.25) is 0 Å². The molecule has 24 heavy (non-hydrogen) atoms. The standard InChI is InChI=1S/C17H23N5OS/c1-13-4-5-16(21-20-13)22-8-6-14(7-9-22)11-18-17(23)19-12-15-3-2-10-24-15/h2-5,10,14H,6-9,11-12H2,1H3,(H2,18,19,23). The molecule has 2 aromatic rings. The number of rotatable bonds is 5. The molecular formula is C17H23N5OS. The molecule has 3 rings (SSSR count). The summed E-state index contributed by atoms with van der Waals surface area (Å²) in [5, 5.41) is 16.3. The van der Waals surface area contributed by atoms with E-state index in [0.717, 1.165) is 48.9 Å². The van der Waals surface area contributed by atoms with Crippen LogP contribution in [0.4, 0.5) is 10.6 Å². The summed E-state index contributed by atoms with van der Waals surface area (Å²) in [7, 11) is 0. The van der Waals surface area contributed by atoms with E-state index < -0.39 is 0 Å². The van der Waals surface area contributed by atoms with Crippen LogP contribution in [0.2, 0.25) is 0 Å². The highest BCUT2D eigenvalue weighted by molar-refractivity contribution is 7.09. The number of piperidine rings is 1. The van der Waals surface area contributed by atoms with E-state index in [2.05, 4.69) is 25.7 Å². The summed E-state index contributed by atoms with van der Waals surface area (Å²) in [6.45, 7) is 5.18. The molecule has 1 saturated heterocycles. The number of nitrogens with zero attached hydrogens (tertiary/aromatic N) is 3. The Balaban J connectivity index is 1.36. The molecule has 2 amide bonds. The lowest BCUT2D eigenvalue weighted by molar-refractivity contribution is 0.237. The number of carbonyl (C=O) groups excluding carboxylic acids is 1. The van der Waals surface area contributed by atoms with Crippen molar-refractivity contribution in [3.05, 3.63) is 40.2 Å². The SMILES string of the molecule is Cc1ccc(N2CCC(CNC(=O)NCc3cccs3)CC2)nn1. The number of nitrogens with one attached hydrogen (secondary N) is 2. The number of anilines is 1. The molecule has 0 aliphatic carbocycles. The summed E-state index contributed by atoms with van der Waals surface area (Å²) in [6.07, 6.45) is 2.11. The summed E-state index contributed by atoms with van der Waals surface area (Å²) >= 11 is 1.65. The molecule has 128 valence electrons. The minimum absolute atomic E-state index is 0.0877. The number of thiophene rings is 1. The maximum atomic E-state index is 11.9. The van der Waals surface area contributed by atoms with Gasteiger partial charge in [0.15, 0.2) is 5.82 Å². The largest absolute Gasteiger partial charge is 0.355 e. The van der Waals surface area contributed by atoms with Gasteiger partial charge in [-0.2, -0.15) is 5.10 Å². The van der Waals surface area contributed by atoms with Crippen LogP contribution in [0.15, 0.2) is 29.6 Å². The van der Waals surface area contributed by atoms with E-state index >= 15 is 0 Å². The monoisotopic (exact) mass is 345 g/mol. The Bertz CT molecular complexity index is 636. The zero-order chi connectivity index (χ0) is 16.8. The number of aromatic nitrogens is 2. The Labute approximate surface area is 146 Å². The zero-order valence-electron chi connectivity index (χ0n) is 13.9. The van der Waals surface area contributed by atoms with Gasteiger partial charge in [0.25, 0.3) is 0 Å². The summed E-state index contributed by atoms with van der Waals surface area (Å²) in [6, 6.07) is 7.95. The van der Waals surface area contributed by atoms with Gasteiger partial charge in [0.1, 0.15) is 0 Å². The molecular weight excluding hydrogens is 322 g/mol. The fourth-order valence-electron chi connectivity index (χ4n) is 2.81. The molecule has 6 nitrogen and oxygen atoms in total. The molecule has 0 atom stereocenters. The first-order chi connectivity index (χ1) is 11.7. The maximum absolute atomic E-state index is 11.9. The van der Waals surface area contributed by atoms with Gasteiger partial charge in [-0.05, 0) is 49.3 Å². The van der Waals surface area contributed by atoms with Crippen molar-refractivity contribution >= 4 is 23.2 Å². The molecule has 0 radical (unpaired) electrons. The van der Waals surface area contributed by atoms with Gasteiger partial charge in [-0.25, -0.2) is 4.79 Å². The van der Waals surface area contributed by atoms with Crippen molar-refractivity contribution in [2.75, 3.05) is 24.5 Å². The van der Waals surface area contributed by atoms with E-state index in [-0.39, 0.29) is 6.03 Å². The molecule has 1 fully saturated rings. The second kappa shape index (κ2) is 8.10. The molecule has 3 heterocycles. The van der Waals surface area contributed by atoms with Crippen LogP contribution in [0.1, 0.15) is 23.4 Å². The van der Waals surface area contributed by atoms with Crippen LogP contribution in [0, 0.1) is 12.8 Å². The molecule has 7 heteroatoms. The van der Waals surface area contributed by atoms with Crippen molar-refractivity contribution in [3.63, 3.8) is 0 Å². The van der Waals surface area contributed by atoms with E-state index in [9.17, 15) is 4.79 Å². The van der Waals surface area contributed by atoms with Crippen molar-refractivity contribution in [2.24, 2.45) is 5.92 Å². The highest BCUT2D eigenvalue weighted by Crippen LogP contribution is 2.20. The number of aryl methyl sites for hydroxylation is 1. The molecule has 0 aromatic carbocycles. The van der Waals surface area contributed by atoms with Gasteiger partial charge >= 0.3 is 6.03 Å². The fraction of sp³-hybridized carbons (Fsp3) is 0.471. The van der Waals surface area contributed by atoms with E-state index in [4.69, 9.17) is 0 Å². The second-order valence-electron chi connectivity index (χ2n) is 6.11. The molecule has 2 N–H and O–H groups in total. The van der Waals surface area contributed by atoms with Crippen molar-refractivity contribution in [1.82, 2.24) is 20.8 Å². The lowest BCUT2D eigenvalue weighted by Gasteiger charge is -2.32. The Morgan fingerprint density at radius 2 is 2.08 bits per heavy atom. The first-order valence-electron chi connectivity index (χ1n) is 8.30. The van der Waals surface area contributed by atoms with Crippen molar-refractivity contribution < 1.29 is 4.79 Å². The molecule has 0 spiro atoms. The average molecular weight is 345 g/mol. The zero-order valence-corrected chi connectivity index (χ0v) is 14.7. The number of carbonyl (C=O) groups is 1. The van der Waals surface area contributed by atoms with Crippen molar-refractivity contribution in [2.45, 2.75) is 26.3 Å². The quantitative estimate of drug-likeness (QED) is 0.874. The van der Waals surface area contributed by atoms with Gasteiger partial charge in [0.2, 0.25) is 0 Å². The van der Waals surface area contributed by atoms with Crippen LogP contribution in [0.5, 0.6) is 0 Å². The Morgan fingerprint density at radius 3 is 2.75 bits per heavy atom. The molecule has 0 saturated carbocycles. The van der Waals surface area contributed by atoms with Crippen LogP contribution >= 0.6 is 11.3 Å². The van der Waals surface area contributed by atoms with Gasteiger partial charge in [0.05, 0.1) is 12.2 Å². The van der Waals surface area contributed by atoms with E-state index in [1.54, 1.807) is 11.3 Å². The summed E-state index contributed by atoms with van der Waals surface area (Å²) in [5.74, 6) is 1.47. The van der Waals surface area contributed by atoms with Gasteiger partial charge < -0.3 is 15.5 Å². The molecule has 1 aliphatic heterocycles. The summed E-state index contributed by atoms with van der Waals surface area (Å²) in [4.78, 5) is 15.3.